The maximum atomic E-state index is 13.0. The monoisotopic (exact) mass is 268 g/mol. The highest BCUT2D eigenvalue weighted by Gasteiger charge is 2.11. The van der Waals surface area contributed by atoms with Gasteiger partial charge in [-0.15, -0.1) is 0 Å². The molecule has 0 amide bonds. The van der Waals surface area contributed by atoms with Crippen molar-refractivity contribution < 1.29 is 22.4 Å². The minimum absolute atomic E-state index is 0.0523. The van der Waals surface area contributed by atoms with Gasteiger partial charge in [0.1, 0.15) is 11.6 Å². The summed E-state index contributed by atoms with van der Waals surface area (Å²) in [5.41, 5.74) is 0.0794. The van der Waals surface area contributed by atoms with Crippen molar-refractivity contribution in [3.05, 3.63) is 70.8 Å². The molecule has 2 rings (SSSR count). The summed E-state index contributed by atoms with van der Waals surface area (Å²) >= 11 is 0. The Morgan fingerprint density at radius 1 is 0.842 bits per heavy atom. The van der Waals surface area contributed by atoms with Crippen LogP contribution in [0.5, 0.6) is 0 Å². The molecule has 0 saturated carbocycles. The first-order valence-corrected chi connectivity index (χ1v) is 5.39. The van der Waals surface area contributed by atoms with E-state index < -0.39 is 29.1 Å². The highest BCUT2D eigenvalue weighted by atomic mass is 19.2. The summed E-state index contributed by atoms with van der Waals surface area (Å²) in [6.07, 6.45) is -0.292. The Kier molecular flexibility index (Phi) is 3.64. The van der Waals surface area contributed by atoms with Crippen LogP contribution >= 0.6 is 0 Å². The van der Waals surface area contributed by atoms with Gasteiger partial charge in [-0.2, -0.15) is 0 Å². The number of Topliss-reactive ketones (excluding diaryl/α,β-unsaturated/α-hetero) is 1. The van der Waals surface area contributed by atoms with Crippen LogP contribution in [0.1, 0.15) is 15.9 Å². The molecule has 2 aromatic rings. The molecule has 1 nitrogen and oxygen atoms in total. The number of hydrogen-bond donors (Lipinski definition) is 0. The molecule has 0 radical (unpaired) electrons. The van der Waals surface area contributed by atoms with Crippen LogP contribution in [-0.2, 0) is 6.42 Å². The van der Waals surface area contributed by atoms with E-state index in [-0.39, 0.29) is 17.5 Å². The van der Waals surface area contributed by atoms with E-state index in [1.165, 1.54) is 0 Å². The molecule has 2 aromatic carbocycles. The number of rotatable bonds is 3. The summed E-state index contributed by atoms with van der Waals surface area (Å²) < 4.78 is 51.5. The zero-order valence-corrected chi connectivity index (χ0v) is 9.59. The van der Waals surface area contributed by atoms with Crippen LogP contribution in [0.25, 0.3) is 0 Å². The Hall–Kier alpha value is -2.17. The van der Waals surface area contributed by atoms with Crippen LogP contribution in [0, 0.1) is 23.3 Å². The predicted molar refractivity (Wildman–Crippen MR) is 60.8 cm³/mol. The predicted octanol–water partition coefficient (Wildman–Crippen LogP) is 3.67. The summed E-state index contributed by atoms with van der Waals surface area (Å²) in [6.45, 7) is 0. The number of hydrogen-bond acceptors (Lipinski definition) is 1. The Labute approximate surface area is 106 Å². The van der Waals surface area contributed by atoms with E-state index in [2.05, 4.69) is 0 Å². The van der Waals surface area contributed by atoms with Crippen LogP contribution in [0.2, 0.25) is 0 Å². The fourth-order valence-corrected chi connectivity index (χ4v) is 1.67. The zero-order chi connectivity index (χ0) is 14.0. The number of benzene rings is 2. The fraction of sp³-hybridized carbons (Fsp3) is 0.0714. The average Bonchev–Trinajstić information content (AvgIpc) is 2.31. The smallest absolute Gasteiger partial charge is 0.167 e. The van der Waals surface area contributed by atoms with Gasteiger partial charge in [-0.05, 0) is 35.9 Å². The minimum Gasteiger partial charge on any atom is -0.294 e. The van der Waals surface area contributed by atoms with Gasteiger partial charge >= 0.3 is 0 Å². The van der Waals surface area contributed by atoms with E-state index in [9.17, 15) is 22.4 Å². The number of ketones is 1. The van der Waals surface area contributed by atoms with Gasteiger partial charge in [0, 0.05) is 18.1 Å². The lowest BCUT2D eigenvalue weighted by Gasteiger charge is -2.03. The quantitative estimate of drug-likeness (QED) is 0.613. The van der Waals surface area contributed by atoms with Crippen molar-refractivity contribution >= 4 is 5.78 Å². The second-order valence-electron chi connectivity index (χ2n) is 4.01. The molecule has 5 heteroatoms. The maximum absolute atomic E-state index is 13.0. The second kappa shape index (κ2) is 5.22. The van der Waals surface area contributed by atoms with Crippen LogP contribution in [0.3, 0.4) is 0 Å². The van der Waals surface area contributed by atoms with Crippen molar-refractivity contribution in [1.82, 2.24) is 0 Å². The van der Waals surface area contributed by atoms with Crippen LogP contribution in [0.15, 0.2) is 36.4 Å². The lowest BCUT2D eigenvalue weighted by Crippen LogP contribution is -2.05. The minimum atomic E-state index is -1.14. The van der Waals surface area contributed by atoms with Gasteiger partial charge in [0.15, 0.2) is 17.4 Å². The number of carbonyl (C=O) groups excluding carboxylic acids is 1. The van der Waals surface area contributed by atoms with Crippen molar-refractivity contribution in [3.63, 3.8) is 0 Å². The second-order valence-corrected chi connectivity index (χ2v) is 4.01. The average molecular weight is 268 g/mol. The molecule has 0 heterocycles. The molecular weight excluding hydrogens is 260 g/mol. The molecule has 0 aliphatic rings. The number of carbonyl (C=O) groups is 1. The van der Waals surface area contributed by atoms with Gasteiger partial charge in [0.25, 0.3) is 0 Å². The first kappa shape index (κ1) is 13.3. The molecule has 0 bridgehead atoms. The highest BCUT2D eigenvalue weighted by Crippen LogP contribution is 2.14. The molecule has 0 fully saturated rings. The fourth-order valence-electron chi connectivity index (χ4n) is 1.67. The van der Waals surface area contributed by atoms with E-state index in [1.807, 2.05) is 0 Å². The van der Waals surface area contributed by atoms with Gasteiger partial charge in [0.2, 0.25) is 0 Å². The Morgan fingerprint density at radius 2 is 1.47 bits per heavy atom. The van der Waals surface area contributed by atoms with E-state index in [0.29, 0.717) is 6.07 Å². The summed E-state index contributed by atoms with van der Waals surface area (Å²) in [7, 11) is 0. The largest absolute Gasteiger partial charge is 0.294 e. The zero-order valence-electron chi connectivity index (χ0n) is 9.59. The molecule has 0 unspecified atom stereocenters. The number of halogens is 4. The van der Waals surface area contributed by atoms with E-state index in [1.54, 1.807) is 0 Å². The molecular formula is C14H8F4O. The maximum Gasteiger partial charge on any atom is 0.167 e. The van der Waals surface area contributed by atoms with Crippen molar-refractivity contribution in [2.24, 2.45) is 0 Å². The molecule has 0 aliphatic carbocycles. The third-order valence-corrected chi connectivity index (χ3v) is 2.53. The van der Waals surface area contributed by atoms with Crippen LogP contribution < -0.4 is 0 Å². The Morgan fingerprint density at radius 3 is 2.05 bits per heavy atom. The van der Waals surface area contributed by atoms with E-state index >= 15 is 0 Å². The highest BCUT2D eigenvalue weighted by molar-refractivity contribution is 5.97. The topological polar surface area (TPSA) is 17.1 Å². The molecule has 0 aliphatic heterocycles. The van der Waals surface area contributed by atoms with Gasteiger partial charge in [0.05, 0.1) is 0 Å². The summed E-state index contributed by atoms with van der Waals surface area (Å²) in [6, 6.07) is 5.42. The van der Waals surface area contributed by atoms with Crippen LogP contribution in [-0.4, -0.2) is 5.78 Å². The summed E-state index contributed by atoms with van der Waals surface area (Å²) in [5, 5.41) is 0. The van der Waals surface area contributed by atoms with Gasteiger partial charge in [-0.3, -0.25) is 4.79 Å². The Bertz CT molecular complexity index is 617. The normalized spacial score (nSPS) is 10.5. The first-order valence-electron chi connectivity index (χ1n) is 5.39. The van der Waals surface area contributed by atoms with Gasteiger partial charge in [-0.25, -0.2) is 17.6 Å². The van der Waals surface area contributed by atoms with E-state index in [0.717, 1.165) is 30.3 Å². The van der Waals surface area contributed by atoms with Gasteiger partial charge in [-0.1, -0.05) is 0 Å². The van der Waals surface area contributed by atoms with Crippen molar-refractivity contribution in [1.29, 1.82) is 0 Å². The third kappa shape index (κ3) is 3.19. The molecule has 0 saturated heterocycles. The molecule has 98 valence electrons. The Balaban J connectivity index is 2.22. The van der Waals surface area contributed by atoms with Gasteiger partial charge < -0.3 is 0 Å². The summed E-state index contributed by atoms with van der Waals surface area (Å²) in [5.74, 6) is -4.35. The summed E-state index contributed by atoms with van der Waals surface area (Å²) in [4.78, 5) is 11.8. The molecule has 19 heavy (non-hydrogen) atoms. The van der Waals surface area contributed by atoms with Crippen LogP contribution in [0.4, 0.5) is 17.6 Å². The SMILES string of the molecule is O=C(Cc1cc(F)cc(F)c1)c1ccc(F)c(F)c1. The van der Waals surface area contributed by atoms with E-state index in [4.69, 9.17) is 0 Å². The molecule has 0 aromatic heterocycles. The van der Waals surface area contributed by atoms with Crippen molar-refractivity contribution in [2.45, 2.75) is 6.42 Å². The third-order valence-electron chi connectivity index (χ3n) is 2.53. The standard InChI is InChI=1S/C14H8F4O/c15-10-3-8(4-11(16)7-10)5-14(19)9-1-2-12(17)13(18)6-9/h1-4,6-7H,5H2. The lowest BCUT2D eigenvalue weighted by atomic mass is 10.0. The lowest BCUT2D eigenvalue weighted by molar-refractivity contribution is 0.0992. The van der Waals surface area contributed by atoms with Crippen molar-refractivity contribution in [2.75, 3.05) is 0 Å². The first-order chi connectivity index (χ1) is 8.95. The molecule has 0 N–H and O–H groups in total. The molecule has 0 spiro atoms. The van der Waals surface area contributed by atoms with Crippen molar-refractivity contribution in [3.8, 4) is 0 Å². The molecule has 0 atom stereocenters.